The Morgan fingerprint density at radius 2 is 1.68 bits per heavy atom. The summed E-state index contributed by atoms with van der Waals surface area (Å²) in [4.78, 5) is 24.8. The van der Waals surface area contributed by atoms with Crippen LogP contribution in [0.5, 0.6) is 5.75 Å². The van der Waals surface area contributed by atoms with Gasteiger partial charge in [0, 0.05) is 12.4 Å². The zero-order chi connectivity index (χ0) is 19.9. The van der Waals surface area contributed by atoms with Gasteiger partial charge in [0.2, 0.25) is 0 Å². The molecule has 3 heterocycles. The monoisotopic (exact) mass is 384 g/mol. The van der Waals surface area contributed by atoms with Crippen LogP contribution < -0.4 is 5.56 Å². The van der Waals surface area contributed by atoms with Gasteiger partial charge in [-0.25, -0.2) is 9.97 Å². The zero-order valence-electron chi connectivity index (χ0n) is 14.1. The minimum absolute atomic E-state index is 0.0317. The van der Waals surface area contributed by atoms with Gasteiger partial charge < -0.3 is 5.11 Å². The summed E-state index contributed by atoms with van der Waals surface area (Å²) in [5, 5.41) is 9.52. The molecule has 9 heteroatoms. The van der Waals surface area contributed by atoms with Crippen LogP contribution in [0.15, 0.2) is 65.7 Å². The van der Waals surface area contributed by atoms with E-state index in [4.69, 9.17) is 0 Å². The quantitative estimate of drug-likeness (QED) is 0.572. The number of halogens is 3. The number of aromatic hydroxyl groups is 1. The molecule has 0 fully saturated rings. The molecule has 0 aliphatic rings. The maximum absolute atomic E-state index is 13.4. The average Bonchev–Trinajstić information content (AvgIpc) is 2.68. The van der Waals surface area contributed by atoms with Gasteiger partial charge in [-0.05, 0) is 30.3 Å². The Morgan fingerprint density at radius 3 is 2.36 bits per heavy atom. The molecule has 0 atom stereocenters. The van der Waals surface area contributed by atoms with Crippen molar-refractivity contribution < 1.29 is 18.3 Å². The van der Waals surface area contributed by atoms with Crippen molar-refractivity contribution in [3.63, 3.8) is 0 Å². The number of rotatable bonds is 2. The SMILES string of the molecule is O=c1c2c(C(F)(F)F)nccc2nc(-c2ncccc2O)n1-c1ccccc1. The Morgan fingerprint density at radius 1 is 0.929 bits per heavy atom. The fraction of sp³-hybridized carbons (Fsp3) is 0.0526. The van der Waals surface area contributed by atoms with Gasteiger partial charge in [0.1, 0.15) is 11.4 Å². The van der Waals surface area contributed by atoms with Crippen molar-refractivity contribution in [3.8, 4) is 23.0 Å². The van der Waals surface area contributed by atoms with Crippen LogP contribution in [-0.2, 0) is 6.18 Å². The van der Waals surface area contributed by atoms with Gasteiger partial charge in [0.25, 0.3) is 5.56 Å². The fourth-order valence-corrected chi connectivity index (χ4v) is 2.89. The molecule has 4 aromatic rings. The number of hydrogen-bond donors (Lipinski definition) is 1. The molecule has 0 unspecified atom stereocenters. The summed E-state index contributed by atoms with van der Waals surface area (Å²) in [5.74, 6) is -0.343. The second-order valence-corrected chi connectivity index (χ2v) is 5.83. The second-order valence-electron chi connectivity index (χ2n) is 5.83. The van der Waals surface area contributed by atoms with Gasteiger partial charge in [-0.2, -0.15) is 13.2 Å². The van der Waals surface area contributed by atoms with Gasteiger partial charge in [0.05, 0.1) is 16.6 Å². The number of para-hydroxylation sites is 1. The van der Waals surface area contributed by atoms with Gasteiger partial charge in [-0.15, -0.1) is 0 Å². The van der Waals surface area contributed by atoms with Crippen molar-refractivity contribution in [2.45, 2.75) is 6.18 Å². The molecular weight excluding hydrogens is 373 g/mol. The van der Waals surface area contributed by atoms with Crippen LogP contribution in [0.3, 0.4) is 0 Å². The molecule has 0 aliphatic carbocycles. The van der Waals surface area contributed by atoms with E-state index < -0.39 is 22.8 Å². The maximum atomic E-state index is 13.4. The van der Waals surface area contributed by atoms with Crippen LogP contribution in [0, 0.1) is 0 Å². The van der Waals surface area contributed by atoms with Crippen LogP contribution in [0.4, 0.5) is 13.2 Å². The van der Waals surface area contributed by atoms with Crippen molar-refractivity contribution in [1.29, 1.82) is 0 Å². The molecule has 0 bridgehead atoms. The highest BCUT2D eigenvalue weighted by Crippen LogP contribution is 2.33. The zero-order valence-corrected chi connectivity index (χ0v) is 14.1. The predicted octanol–water partition coefficient (Wildman–Crippen LogP) is 3.57. The molecule has 0 amide bonds. The number of aromatic nitrogens is 4. The lowest BCUT2D eigenvalue weighted by Crippen LogP contribution is -2.25. The van der Waals surface area contributed by atoms with Crippen molar-refractivity contribution >= 4 is 10.9 Å². The van der Waals surface area contributed by atoms with Gasteiger partial charge in [-0.3, -0.25) is 14.3 Å². The molecule has 6 nitrogen and oxygen atoms in total. The second kappa shape index (κ2) is 6.45. The highest BCUT2D eigenvalue weighted by molar-refractivity contribution is 5.83. The molecule has 0 spiro atoms. The summed E-state index contributed by atoms with van der Waals surface area (Å²) in [6, 6.07) is 12.1. The van der Waals surface area contributed by atoms with Gasteiger partial charge >= 0.3 is 6.18 Å². The standard InChI is InChI=1S/C19H11F3N4O2/c20-19(21,22)16-14-12(8-10-24-16)25-17(15-13(27)7-4-9-23-15)26(18(14)28)11-5-2-1-3-6-11/h1-10,27H. The molecule has 28 heavy (non-hydrogen) atoms. The molecular formula is C19H11F3N4O2. The van der Waals surface area contributed by atoms with E-state index >= 15 is 0 Å². The lowest BCUT2D eigenvalue weighted by molar-refractivity contribution is -0.139. The predicted molar refractivity (Wildman–Crippen MR) is 95.0 cm³/mol. The minimum atomic E-state index is -4.83. The first kappa shape index (κ1) is 17.7. The lowest BCUT2D eigenvalue weighted by atomic mass is 10.2. The first-order valence-electron chi connectivity index (χ1n) is 8.06. The van der Waals surface area contributed by atoms with E-state index in [1.54, 1.807) is 30.3 Å². The first-order chi connectivity index (χ1) is 13.4. The number of pyridine rings is 2. The number of alkyl halides is 3. The third kappa shape index (κ3) is 2.86. The molecule has 0 aliphatic heterocycles. The number of nitrogens with zero attached hydrogens (tertiary/aromatic N) is 4. The van der Waals surface area contributed by atoms with Crippen molar-refractivity contribution in [2.75, 3.05) is 0 Å². The Labute approximate surface area is 155 Å². The van der Waals surface area contributed by atoms with Crippen LogP contribution >= 0.6 is 0 Å². The van der Waals surface area contributed by atoms with E-state index in [0.717, 1.165) is 10.8 Å². The Hall–Kier alpha value is -3.75. The fourth-order valence-electron chi connectivity index (χ4n) is 2.89. The number of benzene rings is 1. The van der Waals surface area contributed by atoms with E-state index in [0.29, 0.717) is 0 Å². The van der Waals surface area contributed by atoms with E-state index in [9.17, 15) is 23.1 Å². The smallest absolute Gasteiger partial charge is 0.434 e. The summed E-state index contributed by atoms with van der Waals surface area (Å²) in [5.41, 5.74) is -2.23. The Kier molecular flexibility index (Phi) is 4.07. The van der Waals surface area contributed by atoms with Crippen molar-refractivity contribution in [2.24, 2.45) is 0 Å². The topological polar surface area (TPSA) is 80.9 Å². The number of fused-ring (bicyclic) bond motifs is 1. The number of hydrogen-bond acceptors (Lipinski definition) is 5. The Balaban J connectivity index is 2.19. The summed E-state index contributed by atoms with van der Waals surface area (Å²) < 4.78 is 41.3. The lowest BCUT2D eigenvalue weighted by Gasteiger charge is -2.15. The molecule has 1 N–H and O–H groups in total. The van der Waals surface area contributed by atoms with Crippen LogP contribution in [0.1, 0.15) is 5.69 Å². The molecule has 4 rings (SSSR count). The van der Waals surface area contributed by atoms with Crippen molar-refractivity contribution in [1.82, 2.24) is 19.5 Å². The average molecular weight is 384 g/mol. The molecule has 0 radical (unpaired) electrons. The summed E-state index contributed by atoms with van der Waals surface area (Å²) in [6.45, 7) is 0. The first-order valence-corrected chi connectivity index (χ1v) is 8.06. The van der Waals surface area contributed by atoms with E-state index in [2.05, 4.69) is 15.0 Å². The molecule has 0 saturated carbocycles. The van der Waals surface area contributed by atoms with Crippen LogP contribution in [0.2, 0.25) is 0 Å². The summed E-state index contributed by atoms with van der Waals surface area (Å²) in [7, 11) is 0. The third-order valence-corrected chi connectivity index (χ3v) is 4.07. The van der Waals surface area contributed by atoms with E-state index in [1.807, 2.05) is 0 Å². The van der Waals surface area contributed by atoms with Gasteiger partial charge in [-0.1, -0.05) is 18.2 Å². The van der Waals surface area contributed by atoms with Gasteiger partial charge in [0.15, 0.2) is 11.5 Å². The molecule has 0 saturated heterocycles. The Bertz CT molecular complexity index is 1240. The molecule has 1 aromatic carbocycles. The third-order valence-electron chi connectivity index (χ3n) is 4.07. The summed E-state index contributed by atoms with van der Waals surface area (Å²) >= 11 is 0. The van der Waals surface area contributed by atoms with E-state index in [-0.39, 0.29) is 28.5 Å². The molecule has 140 valence electrons. The summed E-state index contributed by atoms with van der Waals surface area (Å²) in [6.07, 6.45) is -2.51. The maximum Gasteiger partial charge on any atom is 0.434 e. The van der Waals surface area contributed by atoms with Crippen molar-refractivity contribution in [3.05, 3.63) is 77.0 Å². The largest absolute Gasteiger partial charge is 0.506 e. The van der Waals surface area contributed by atoms with E-state index in [1.165, 1.54) is 24.4 Å². The minimum Gasteiger partial charge on any atom is -0.506 e. The molecule has 3 aromatic heterocycles. The highest BCUT2D eigenvalue weighted by Gasteiger charge is 2.36. The van der Waals surface area contributed by atoms with Crippen LogP contribution in [-0.4, -0.2) is 24.6 Å². The highest BCUT2D eigenvalue weighted by atomic mass is 19.4. The normalized spacial score (nSPS) is 11.7. The van der Waals surface area contributed by atoms with Crippen LogP contribution in [0.25, 0.3) is 28.1 Å².